The maximum atomic E-state index is 12.9. The lowest BCUT2D eigenvalue weighted by Crippen LogP contribution is -2.30. The summed E-state index contributed by atoms with van der Waals surface area (Å²) in [6.07, 6.45) is 0. The number of ether oxygens (including phenoxy) is 2. The SMILES string of the molecule is COc1cc(Nc2nc3ccccc3nc2N(c2cccc(NC(=O)CNC(C)c3ccccc3)c2)S(=O)O)cc(OC)c1. The number of hydrogen-bond donors (Lipinski definition) is 4. The molecule has 2 unspecified atom stereocenters. The van der Waals surface area contributed by atoms with Crippen LogP contribution in [0.2, 0.25) is 0 Å². The lowest BCUT2D eigenvalue weighted by atomic mass is 10.1. The zero-order chi connectivity index (χ0) is 31.1. The summed E-state index contributed by atoms with van der Waals surface area (Å²) >= 11 is -2.56. The first-order chi connectivity index (χ1) is 21.3. The molecule has 0 aliphatic heterocycles. The topological polar surface area (TPSA) is 138 Å². The van der Waals surface area contributed by atoms with Crippen molar-refractivity contribution in [2.24, 2.45) is 0 Å². The lowest BCUT2D eigenvalue weighted by molar-refractivity contribution is -0.115. The molecule has 0 saturated heterocycles. The van der Waals surface area contributed by atoms with E-state index in [9.17, 15) is 13.6 Å². The quantitative estimate of drug-likeness (QED) is 0.126. The van der Waals surface area contributed by atoms with Gasteiger partial charge in [0.15, 0.2) is 11.6 Å². The van der Waals surface area contributed by atoms with Gasteiger partial charge in [-0.3, -0.25) is 9.35 Å². The van der Waals surface area contributed by atoms with Gasteiger partial charge in [0.1, 0.15) is 11.5 Å². The molecule has 44 heavy (non-hydrogen) atoms. The standard InChI is InChI=1S/C32H32N6O5S/c1-21(22-10-5-4-6-11-22)33-20-30(39)34-23-12-9-13-25(16-23)38(44(40)41)32-31(36-28-14-7-8-15-29(28)37-32)35-24-17-26(42-2)19-27(18-24)43-3/h4-19,21,33H,20H2,1-3H3,(H,34,39)(H,35,36)(H,40,41). The zero-order valence-corrected chi connectivity index (χ0v) is 25.2. The van der Waals surface area contributed by atoms with Crippen molar-refractivity contribution in [3.63, 3.8) is 0 Å². The molecule has 226 valence electrons. The number of amides is 1. The smallest absolute Gasteiger partial charge is 0.268 e. The molecule has 4 N–H and O–H groups in total. The van der Waals surface area contributed by atoms with E-state index in [1.807, 2.05) is 49.4 Å². The third kappa shape index (κ3) is 7.29. The highest BCUT2D eigenvalue weighted by Crippen LogP contribution is 2.36. The number of nitrogens with zero attached hydrogens (tertiary/aromatic N) is 3. The molecule has 0 spiro atoms. The van der Waals surface area contributed by atoms with E-state index in [1.165, 1.54) is 0 Å². The monoisotopic (exact) mass is 612 g/mol. The van der Waals surface area contributed by atoms with E-state index in [0.717, 1.165) is 9.87 Å². The summed E-state index contributed by atoms with van der Waals surface area (Å²) in [5, 5.41) is 9.27. The number of carbonyl (C=O) groups is 1. The summed E-state index contributed by atoms with van der Waals surface area (Å²) in [5.74, 6) is 1.13. The highest BCUT2D eigenvalue weighted by molar-refractivity contribution is 7.81. The van der Waals surface area contributed by atoms with Crippen LogP contribution in [0.25, 0.3) is 11.0 Å². The number of hydrogen-bond acceptors (Lipinski definition) is 8. The first-order valence-corrected chi connectivity index (χ1v) is 14.8. The molecule has 12 heteroatoms. The van der Waals surface area contributed by atoms with E-state index in [-0.39, 0.29) is 30.1 Å². The number of nitrogens with one attached hydrogen (secondary N) is 3. The van der Waals surface area contributed by atoms with Gasteiger partial charge in [-0.15, -0.1) is 0 Å². The van der Waals surface area contributed by atoms with Crippen LogP contribution in [-0.4, -0.2) is 45.4 Å². The molecule has 1 aromatic heterocycles. The van der Waals surface area contributed by atoms with Crippen molar-refractivity contribution in [2.75, 3.05) is 35.7 Å². The van der Waals surface area contributed by atoms with Crippen LogP contribution in [0.1, 0.15) is 18.5 Å². The minimum atomic E-state index is -2.56. The molecule has 2 atom stereocenters. The van der Waals surface area contributed by atoms with Crippen LogP contribution >= 0.6 is 0 Å². The molecule has 1 heterocycles. The second-order valence-corrected chi connectivity index (χ2v) is 10.6. The molecule has 0 fully saturated rings. The van der Waals surface area contributed by atoms with E-state index in [1.54, 1.807) is 68.8 Å². The van der Waals surface area contributed by atoms with Gasteiger partial charge in [-0.1, -0.05) is 48.5 Å². The van der Waals surface area contributed by atoms with Gasteiger partial charge in [0.05, 0.1) is 37.5 Å². The average Bonchev–Trinajstić information content (AvgIpc) is 3.04. The van der Waals surface area contributed by atoms with E-state index >= 15 is 0 Å². The van der Waals surface area contributed by atoms with Gasteiger partial charge < -0.3 is 25.4 Å². The molecule has 5 aromatic rings. The third-order valence-corrected chi connectivity index (χ3v) is 7.44. The van der Waals surface area contributed by atoms with Crippen molar-refractivity contribution in [3.05, 3.63) is 103 Å². The minimum Gasteiger partial charge on any atom is -0.497 e. The Hall–Kier alpha value is -5.04. The molecular formula is C32H32N6O5S. The van der Waals surface area contributed by atoms with Gasteiger partial charge in [-0.05, 0) is 42.8 Å². The maximum Gasteiger partial charge on any atom is 0.268 e. The van der Waals surface area contributed by atoms with Crippen LogP contribution in [0.15, 0.2) is 97.1 Å². The van der Waals surface area contributed by atoms with Crippen molar-refractivity contribution in [2.45, 2.75) is 13.0 Å². The fourth-order valence-electron chi connectivity index (χ4n) is 4.54. The Morgan fingerprint density at radius 2 is 1.52 bits per heavy atom. The van der Waals surface area contributed by atoms with Gasteiger partial charge >= 0.3 is 0 Å². The second-order valence-electron chi connectivity index (χ2n) is 9.75. The van der Waals surface area contributed by atoms with Crippen LogP contribution in [0.3, 0.4) is 0 Å². The van der Waals surface area contributed by atoms with Crippen LogP contribution < -0.4 is 29.7 Å². The van der Waals surface area contributed by atoms with E-state index in [0.29, 0.717) is 39.6 Å². The fraction of sp³-hybridized carbons (Fsp3) is 0.156. The van der Waals surface area contributed by atoms with E-state index in [2.05, 4.69) is 16.0 Å². The van der Waals surface area contributed by atoms with Gasteiger partial charge in [-0.2, -0.15) is 0 Å². The number of para-hydroxylation sites is 2. The molecule has 1 amide bonds. The highest BCUT2D eigenvalue weighted by atomic mass is 32.2. The first kappa shape index (κ1) is 30.4. The van der Waals surface area contributed by atoms with Gasteiger partial charge in [0.2, 0.25) is 5.91 Å². The number of aromatic nitrogens is 2. The van der Waals surface area contributed by atoms with Crippen LogP contribution in [0.5, 0.6) is 11.5 Å². The van der Waals surface area contributed by atoms with E-state index in [4.69, 9.17) is 19.4 Å². The predicted molar refractivity (Wildman–Crippen MR) is 173 cm³/mol. The summed E-state index contributed by atoms with van der Waals surface area (Å²) in [6.45, 7) is 2.06. The Kier molecular flexibility index (Phi) is 9.65. The first-order valence-electron chi connectivity index (χ1n) is 13.7. The summed E-state index contributed by atoms with van der Waals surface area (Å²) in [6, 6.07) is 28.8. The largest absolute Gasteiger partial charge is 0.497 e. The molecule has 0 radical (unpaired) electrons. The van der Waals surface area contributed by atoms with Gasteiger partial charge in [-0.25, -0.2) is 18.5 Å². The van der Waals surface area contributed by atoms with Gasteiger partial charge in [0.25, 0.3) is 11.3 Å². The molecule has 4 aromatic carbocycles. The number of anilines is 5. The van der Waals surface area contributed by atoms with Crippen molar-refractivity contribution < 1.29 is 23.0 Å². The highest BCUT2D eigenvalue weighted by Gasteiger charge is 2.24. The molecule has 0 aliphatic carbocycles. The number of fused-ring (bicyclic) bond motifs is 1. The average molecular weight is 613 g/mol. The third-order valence-electron chi connectivity index (χ3n) is 6.75. The zero-order valence-electron chi connectivity index (χ0n) is 24.4. The van der Waals surface area contributed by atoms with Crippen molar-refractivity contribution in [1.29, 1.82) is 0 Å². The number of benzene rings is 4. The molecule has 5 rings (SSSR count). The summed E-state index contributed by atoms with van der Waals surface area (Å²) < 4.78 is 35.3. The Bertz CT molecular complexity index is 1770. The Morgan fingerprint density at radius 1 is 0.864 bits per heavy atom. The Balaban J connectivity index is 1.45. The fourth-order valence-corrected chi connectivity index (χ4v) is 5.11. The lowest BCUT2D eigenvalue weighted by Gasteiger charge is -2.23. The van der Waals surface area contributed by atoms with Crippen LogP contribution in [0, 0.1) is 0 Å². The molecule has 11 nitrogen and oxygen atoms in total. The minimum absolute atomic E-state index is 0.0254. The number of methoxy groups -OCH3 is 2. The summed E-state index contributed by atoms with van der Waals surface area (Å²) in [5.41, 5.74) is 3.49. The Morgan fingerprint density at radius 3 is 2.18 bits per heavy atom. The second kappa shape index (κ2) is 14.0. The molecule has 0 bridgehead atoms. The van der Waals surface area contributed by atoms with Crippen LogP contribution in [0.4, 0.5) is 28.7 Å². The normalized spacial score (nSPS) is 12.3. The molecule has 0 saturated carbocycles. The van der Waals surface area contributed by atoms with Gasteiger partial charge in [0, 0.05) is 35.6 Å². The van der Waals surface area contributed by atoms with Crippen molar-refractivity contribution >= 4 is 56.9 Å². The van der Waals surface area contributed by atoms with Crippen molar-refractivity contribution in [1.82, 2.24) is 15.3 Å². The maximum absolute atomic E-state index is 12.9. The summed E-state index contributed by atoms with van der Waals surface area (Å²) in [7, 11) is 3.09. The van der Waals surface area contributed by atoms with Crippen molar-refractivity contribution in [3.8, 4) is 11.5 Å². The number of carbonyl (C=O) groups excluding carboxylic acids is 1. The predicted octanol–water partition coefficient (Wildman–Crippen LogP) is 5.95. The number of rotatable bonds is 12. The van der Waals surface area contributed by atoms with Crippen LogP contribution in [-0.2, 0) is 16.1 Å². The molecular weight excluding hydrogens is 580 g/mol. The van der Waals surface area contributed by atoms with E-state index < -0.39 is 11.3 Å². The molecule has 0 aliphatic rings. The summed E-state index contributed by atoms with van der Waals surface area (Å²) in [4.78, 5) is 22.2. The Labute approximate surface area is 257 Å².